The highest BCUT2D eigenvalue weighted by molar-refractivity contribution is 7.89. The van der Waals surface area contributed by atoms with Crippen LogP contribution in [0, 0.1) is 5.92 Å². The Morgan fingerprint density at radius 2 is 2.24 bits per heavy atom. The fourth-order valence-electron chi connectivity index (χ4n) is 3.66. The third-order valence-electron chi connectivity index (χ3n) is 4.94. The number of hydrogen-bond donors (Lipinski definition) is 2. The van der Waals surface area contributed by atoms with Gasteiger partial charge in [-0.2, -0.15) is 4.31 Å². The molecule has 0 aromatic carbocycles. The van der Waals surface area contributed by atoms with E-state index in [1.807, 2.05) is 26.0 Å². The molecular weight excluding hydrogens is 390 g/mol. The predicted octanol–water partition coefficient (Wildman–Crippen LogP) is 1.70. The zero-order valence-electron chi connectivity index (χ0n) is 16.6. The molecule has 1 saturated heterocycles. The quantitative estimate of drug-likeness (QED) is 0.631. The van der Waals surface area contributed by atoms with Gasteiger partial charge in [0.1, 0.15) is 17.7 Å². The molecule has 0 spiro atoms. The van der Waals surface area contributed by atoms with Crippen molar-refractivity contribution in [2.75, 3.05) is 24.2 Å². The van der Waals surface area contributed by atoms with Crippen molar-refractivity contribution in [3.63, 3.8) is 0 Å². The van der Waals surface area contributed by atoms with E-state index in [1.54, 1.807) is 23.0 Å². The molecule has 10 heteroatoms. The van der Waals surface area contributed by atoms with E-state index < -0.39 is 10.0 Å². The minimum absolute atomic E-state index is 0.00477. The molecule has 29 heavy (non-hydrogen) atoms. The number of nitrogens with one attached hydrogen (secondary N) is 3. The van der Waals surface area contributed by atoms with Gasteiger partial charge in [0.2, 0.25) is 10.0 Å². The Labute approximate surface area is 170 Å². The van der Waals surface area contributed by atoms with Gasteiger partial charge in [-0.05, 0) is 30.9 Å². The number of piperidine rings is 1. The highest BCUT2D eigenvalue weighted by atomic mass is 32.2. The Balaban J connectivity index is 1.55. The van der Waals surface area contributed by atoms with E-state index >= 15 is 0 Å². The van der Waals surface area contributed by atoms with Crippen molar-refractivity contribution in [2.45, 2.75) is 32.7 Å². The molecule has 1 fully saturated rings. The smallest absolute Gasteiger partial charge is 0.319 e. The standard InChI is InChI=1S/C19H25N7O2S/c1-13(2)11-29(27,28)26-8-4-5-14(10-26)24-17-15(6-3-7-20-17)16-9-21-18-19(25-16)23-12-22-18/h3,6-7,9,12-14H,4-5,8,10-11H2,1-2H3,(H,20,24)(H,21,22,23,25)/p+1. The van der Waals surface area contributed by atoms with Crippen molar-refractivity contribution in [1.29, 1.82) is 0 Å². The fourth-order valence-corrected chi connectivity index (χ4v) is 5.53. The number of nitrogens with zero attached hydrogens (tertiary/aromatic N) is 4. The average Bonchev–Trinajstić information content (AvgIpc) is 3.15. The minimum atomic E-state index is -3.25. The van der Waals surface area contributed by atoms with Crippen molar-refractivity contribution >= 4 is 27.1 Å². The number of fused-ring (bicyclic) bond motifs is 1. The molecule has 0 radical (unpaired) electrons. The van der Waals surface area contributed by atoms with Gasteiger partial charge in [0, 0.05) is 30.9 Å². The van der Waals surface area contributed by atoms with Crippen LogP contribution in [0.3, 0.4) is 0 Å². The van der Waals surface area contributed by atoms with E-state index in [9.17, 15) is 8.42 Å². The molecule has 1 atom stereocenters. The van der Waals surface area contributed by atoms with Gasteiger partial charge in [-0.15, -0.1) is 4.98 Å². The highest BCUT2D eigenvalue weighted by Crippen LogP contribution is 2.27. The molecule has 0 amide bonds. The molecule has 3 N–H and O–H groups in total. The molecule has 1 aliphatic heterocycles. The van der Waals surface area contributed by atoms with Gasteiger partial charge >= 0.3 is 5.65 Å². The number of hydrogen-bond acceptors (Lipinski definition) is 6. The predicted molar refractivity (Wildman–Crippen MR) is 111 cm³/mol. The lowest BCUT2D eigenvalue weighted by Gasteiger charge is -2.33. The molecule has 3 aromatic rings. The van der Waals surface area contributed by atoms with Crippen LogP contribution in [0.2, 0.25) is 0 Å². The van der Waals surface area contributed by atoms with E-state index in [2.05, 4.69) is 30.2 Å². The number of pyridine rings is 1. The van der Waals surface area contributed by atoms with Crippen LogP contribution in [-0.2, 0) is 10.0 Å². The van der Waals surface area contributed by atoms with Gasteiger partial charge in [0.05, 0.1) is 5.75 Å². The summed E-state index contributed by atoms with van der Waals surface area (Å²) in [6.45, 7) is 4.88. The third kappa shape index (κ3) is 4.38. The average molecular weight is 417 g/mol. The minimum Gasteiger partial charge on any atom is -0.365 e. The molecule has 1 unspecified atom stereocenters. The van der Waals surface area contributed by atoms with E-state index in [0.29, 0.717) is 35.9 Å². The highest BCUT2D eigenvalue weighted by Gasteiger charge is 2.30. The van der Waals surface area contributed by atoms with E-state index in [1.165, 1.54) is 0 Å². The summed E-state index contributed by atoms with van der Waals surface area (Å²) in [7, 11) is -3.25. The monoisotopic (exact) mass is 416 g/mol. The number of rotatable bonds is 6. The van der Waals surface area contributed by atoms with Crippen molar-refractivity contribution < 1.29 is 13.4 Å². The van der Waals surface area contributed by atoms with Gasteiger partial charge in [-0.1, -0.05) is 13.8 Å². The van der Waals surface area contributed by atoms with Crippen LogP contribution in [0.25, 0.3) is 22.6 Å². The Kier molecular flexibility index (Phi) is 5.46. The number of aromatic nitrogens is 5. The first-order chi connectivity index (χ1) is 13.9. The van der Waals surface area contributed by atoms with Gasteiger partial charge in [0.25, 0.3) is 5.65 Å². The molecule has 4 heterocycles. The molecule has 4 rings (SSSR count). The Hall–Kier alpha value is -2.59. The largest absolute Gasteiger partial charge is 0.365 e. The lowest BCUT2D eigenvalue weighted by atomic mass is 10.1. The maximum Gasteiger partial charge on any atom is 0.319 e. The lowest BCUT2D eigenvalue weighted by molar-refractivity contribution is -0.347. The van der Waals surface area contributed by atoms with Crippen molar-refractivity contribution in [3.8, 4) is 11.3 Å². The second kappa shape index (κ2) is 8.03. The summed E-state index contributed by atoms with van der Waals surface area (Å²) in [5.74, 6) is 0.969. The van der Waals surface area contributed by atoms with Crippen LogP contribution < -0.4 is 10.3 Å². The van der Waals surface area contributed by atoms with Crippen LogP contribution in [0.15, 0.2) is 30.9 Å². The van der Waals surface area contributed by atoms with Gasteiger partial charge in [-0.3, -0.25) is 4.98 Å². The maximum absolute atomic E-state index is 12.6. The van der Waals surface area contributed by atoms with E-state index in [0.717, 1.165) is 18.4 Å². The van der Waals surface area contributed by atoms with Crippen molar-refractivity contribution in [3.05, 3.63) is 30.9 Å². The summed E-state index contributed by atoms with van der Waals surface area (Å²) in [5.41, 5.74) is 2.88. The summed E-state index contributed by atoms with van der Waals surface area (Å²) in [6, 6.07) is 3.79. The van der Waals surface area contributed by atoms with E-state index in [-0.39, 0.29) is 17.7 Å². The van der Waals surface area contributed by atoms with Gasteiger partial charge in [0.15, 0.2) is 6.33 Å². The topological polar surface area (TPSA) is 118 Å². The Morgan fingerprint density at radius 1 is 1.38 bits per heavy atom. The Morgan fingerprint density at radius 3 is 3.07 bits per heavy atom. The lowest BCUT2D eigenvalue weighted by Crippen LogP contribution is -2.46. The first-order valence-electron chi connectivity index (χ1n) is 9.84. The molecule has 3 aromatic heterocycles. The van der Waals surface area contributed by atoms with Crippen LogP contribution >= 0.6 is 0 Å². The summed E-state index contributed by atoms with van der Waals surface area (Å²) < 4.78 is 26.9. The molecule has 0 aliphatic carbocycles. The SMILES string of the molecule is CC(C)CS(=O)(=O)N1CCCC(Nc2ncccc2-c2cnc3[nH+]c[nH]c3n2)C1. The fraction of sp³-hybridized carbons (Fsp3) is 0.474. The summed E-state index contributed by atoms with van der Waals surface area (Å²) in [5, 5.41) is 3.44. The number of imidazole rings is 1. The summed E-state index contributed by atoms with van der Waals surface area (Å²) >= 11 is 0. The van der Waals surface area contributed by atoms with Crippen LogP contribution in [0.1, 0.15) is 26.7 Å². The van der Waals surface area contributed by atoms with Crippen molar-refractivity contribution in [1.82, 2.24) is 24.2 Å². The third-order valence-corrected chi connectivity index (χ3v) is 7.14. The van der Waals surface area contributed by atoms with E-state index in [4.69, 9.17) is 0 Å². The normalized spacial score (nSPS) is 18.4. The van der Waals surface area contributed by atoms with Crippen LogP contribution in [0.4, 0.5) is 5.82 Å². The first kappa shape index (κ1) is 19.7. The molecule has 9 nitrogen and oxygen atoms in total. The zero-order chi connectivity index (χ0) is 20.4. The molecular formula is C19H26N7O2S+. The second-order valence-electron chi connectivity index (χ2n) is 7.80. The van der Waals surface area contributed by atoms with Gasteiger partial charge < -0.3 is 5.32 Å². The summed E-state index contributed by atoms with van der Waals surface area (Å²) in [6.07, 6.45) is 6.82. The molecule has 0 bridgehead atoms. The number of sulfonamides is 1. The zero-order valence-corrected chi connectivity index (χ0v) is 17.4. The number of anilines is 1. The molecule has 1 aliphatic rings. The first-order valence-corrected chi connectivity index (χ1v) is 11.4. The number of aromatic amines is 2. The van der Waals surface area contributed by atoms with Crippen LogP contribution in [-0.4, -0.2) is 57.5 Å². The molecule has 154 valence electrons. The number of H-pyrrole nitrogens is 2. The molecule has 0 saturated carbocycles. The van der Waals surface area contributed by atoms with Crippen molar-refractivity contribution in [2.24, 2.45) is 5.92 Å². The Bertz CT molecular complexity index is 1100. The van der Waals surface area contributed by atoms with Gasteiger partial charge in [-0.25, -0.2) is 23.4 Å². The second-order valence-corrected chi connectivity index (χ2v) is 9.81. The summed E-state index contributed by atoms with van der Waals surface area (Å²) in [4.78, 5) is 19.5. The maximum atomic E-state index is 12.6. The van der Waals surface area contributed by atoms with Crippen LogP contribution in [0.5, 0.6) is 0 Å².